The van der Waals surface area contributed by atoms with Crippen LogP contribution in [0.2, 0.25) is 5.15 Å². The van der Waals surface area contributed by atoms with E-state index in [1.165, 1.54) is 26.6 Å². The molecule has 0 spiro atoms. The van der Waals surface area contributed by atoms with E-state index in [-0.39, 0.29) is 23.0 Å². The van der Waals surface area contributed by atoms with E-state index >= 15 is 0 Å². The molecule has 14 nitrogen and oxygen atoms in total. The Morgan fingerprint density at radius 2 is 1.12 bits per heavy atom. The topological polar surface area (TPSA) is 165 Å². The van der Waals surface area contributed by atoms with E-state index in [9.17, 15) is 9.59 Å². The largest absolute Gasteiger partial charge is 0.481 e. The first kappa shape index (κ1) is 34.0. The Labute approximate surface area is 308 Å². The summed E-state index contributed by atoms with van der Waals surface area (Å²) in [4.78, 5) is 50.8. The lowest BCUT2D eigenvalue weighted by atomic mass is 10.1. The minimum atomic E-state index is -0.281. The standard InChI is InChI=1S/C18H12BrN5O2.C18H12ClN5O2/c2*1-26-16-4-2-3-13(23-16)17(25)12-10-22-24-14(6-8-21-18(12)24)11-5-7-20-15(19)9-11/h2*2-10H,1H3. The summed E-state index contributed by atoms with van der Waals surface area (Å²) < 4.78 is 14.1. The van der Waals surface area contributed by atoms with Crippen LogP contribution in [0.25, 0.3) is 33.8 Å². The third kappa shape index (κ3) is 6.82. The van der Waals surface area contributed by atoms with Crippen molar-refractivity contribution < 1.29 is 19.1 Å². The van der Waals surface area contributed by atoms with Gasteiger partial charge in [-0.15, -0.1) is 0 Å². The van der Waals surface area contributed by atoms with Crippen molar-refractivity contribution in [3.63, 3.8) is 0 Å². The molecule has 0 atom stereocenters. The van der Waals surface area contributed by atoms with Crippen LogP contribution in [0.15, 0.2) is 115 Å². The fourth-order valence-electron chi connectivity index (χ4n) is 5.25. The lowest BCUT2D eigenvalue weighted by Crippen LogP contribution is -2.05. The Balaban J connectivity index is 0.000000162. The van der Waals surface area contributed by atoms with Crippen LogP contribution < -0.4 is 9.47 Å². The van der Waals surface area contributed by atoms with Crippen molar-refractivity contribution in [1.29, 1.82) is 0 Å². The summed E-state index contributed by atoms with van der Waals surface area (Å²) in [6.45, 7) is 0. The number of carbonyl (C=O) groups excluding carboxylic acids is 2. The minimum Gasteiger partial charge on any atom is -0.481 e. The van der Waals surface area contributed by atoms with Gasteiger partial charge < -0.3 is 9.47 Å². The zero-order valence-corrected chi connectivity index (χ0v) is 29.6. The molecule has 0 fully saturated rings. The molecule has 0 saturated carbocycles. The molecule has 0 bridgehead atoms. The molecule has 0 aliphatic rings. The Hall–Kier alpha value is -6.45. The highest BCUT2D eigenvalue weighted by atomic mass is 79.9. The van der Waals surface area contributed by atoms with Crippen molar-refractivity contribution in [1.82, 2.24) is 49.1 Å². The normalized spacial score (nSPS) is 10.8. The maximum atomic E-state index is 12.9. The van der Waals surface area contributed by atoms with Gasteiger partial charge in [0.05, 0.1) is 49.1 Å². The molecule has 0 aliphatic carbocycles. The van der Waals surface area contributed by atoms with Crippen LogP contribution in [0, 0.1) is 0 Å². The van der Waals surface area contributed by atoms with Crippen LogP contribution in [0.3, 0.4) is 0 Å². The number of nitrogens with zero attached hydrogens (tertiary/aromatic N) is 10. The van der Waals surface area contributed by atoms with Crippen LogP contribution in [-0.4, -0.2) is 74.9 Å². The Bertz CT molecular complexity index is 2430. The lowest BCUT2D eigenvalue weighted by molar-refractivity contribution is 0.102. The number of ether oxygens (including phenoxy) is 2. The second-order valence-corrected chi connectivity index (χ2v) is 12.0. The van der Waals surface area contributed by atoms with Crippen molar-refractivity contribution in [2.75, 3.05) is 14.2 Å². The van der Waals surface area contributed by atoms with Crippen molar-refractivity contribution in [2.45, 2.75) is 0 Å². The predicted octanol–water partition coefficient (Wildman–Crippen LogP) is 6.27. The fraction of sp³-hybridized carbons (Fsp3) is 0.0556. The number of hydrogen-bond donors (Lipinski definition) is 0. The molecule has 8 aromatic heterocycles. The minimum absolute atomic E-state index is 0.262. The molecule has 8 aromatic rings. The average Bonchev–Trinajstić information content (AvgIpc) is 3.83. The number of carbonyl (C=O) groups is 2. The monoisotopic (exact) mass is 774 g/mol. The maximum Gasteiger partial charge on any atom is 0.216 e. The number of fused-ring (bicyclic) bond motifs is 2. The first-order valence-corrected chi connectivity index (χ1v) is 16.5. The molecule has 0 saturated heterocycles. The summed E-state index contributed by atoms with van der Waals surface area (Å²) >= 11 is 9.34. The Morgan fingerprint density at radius 1 is 0.635 bits per heavy atom. The van der Waals surface area contributed by atoms with E-state index in [0.29, 0.717) is 43.9 Å². The molecule has 0 radical (unpaired) electrons. The molecular weight excluding hydrogens is 752 g/mol. The van der Waals surface area contributed by atoms with Crippen LogP contribution in [0.4, 0.5) is 0 Å². The van der Waals surface area contributed by atoms with E-state index in [1.807, 2.05) is 24.3 Å². The zero-order valence-electron chi connectivity index (χ0n) is 27.3. The number of hydrogen-bond acceptors (Lipinski definition) is 12. The Morgan fingerprint density at radius 3 is 1.60 bits per heavy atom. The van der Waals surface area contributed by atoms with Gasteiger partial charge in [-0.3, -0.25) is 9.59 Å². The molecular formula is C36H24BrClN10O4. The van der Waals surface area contributed by atoms with E-state index in [2.05, 4.69) is 56.0 Å². The van der Waals surface area contributed by atoms with Gasteiger partial charge in [0.25, 0.3) is 0 Å². The molecule has 0 aromatic carbocycles. The van der Waals surface area contributed by atoms with Crippen LogP contribution in [-0.2, 0) is 0 Å². The van der Waals surface area contributed by atoms with Crippen molar-refractivity contribution >= 4 is 50.4 Å². The highest BCUT2D eigenvalue weighted by Crippen LogP contribution is 2.25. The molecule has 8 heterocycles. The highest BCUT2D eigenvalue weighted by Gasteiger charge is 2.21. The number of pyridine rings is 4. The SMILES string of the molecule is COc1cccc(C(=O)c2cnn3c(-c4ccnc(Br)c4)ccnc23)n1.COc1cccc(C(=O)c2cnn3c(-c4ccnc(Cl)c4)ccnc23)n1. The van der Waals surface area contributed by atoms with Gasteiger partial charge in [-0.1, -0.05) is 23.7 Å². The summed E-state index contributed by atoms with van der Waals surface area (Å²) in [6.07, 6.45) is 9.57. The average molecular weight is 776 g/mol. The number of ketones is 2. The molecule has 0 N–H and O–H groups in total. The van der Waals surface area contributed by atoms with Crippen molar-refractivity contribution in [3.05, 3.63) is 142 Å². The fourth-order valence-corrected chi connectivity index (χ4v) is 5.79. The van der Waals surface area contributed by atoms with E-state index < -0.39 is 0 Å². The van der Waals surface area contributed by atoms with Crippen molar-refractivity contribution in [2.24, 2.45) is 0 Å². The number of rotatable bonds is 8. The molecule has 52 heavy (non-hydrogen) atoms. The maximum absolute atomic E-state index is 12.9. The molecule has 16 heteroatoms. The molecule has 8 rings (SSSR count). The summed E-state index contributed by atoms with van der Waals surface area (Å²) in [5.74, 6) is 0.200. The van der Waals surface area contributed by atoms with Gasteiger partial charge in [-0.25, -0.2) is 38.9 Å². The summed E-state index contributed by atoms with van der Waals surface area (Å²) in [5, 5.41) is 9.05. The molecule has 0 aliphatic heterocycles. The second kappa shape index (κ2) is 14.8. The summed E-state index contributed by atoms with van der Waals surface area (Å²) in [5.41, 5.74) is 5.44. The van der Waals surface area contributed by atoms with Gasteiger partial charge in [0.1, 0.15) is 21.1 Å². The first-order chi connectivity index (χ1) is 25.3. The number of halogens is 2. The zero-order chi connectivity index (χ0) is 36.2. The highest BCUT2D eigenvalue weighted by molar-refractivity contribution is 9.10. The summed E-state index contributed by atoms with van der Waals surface area (Å²) in [7, 11) is 3.01. The van der Waals surface area contributed by atoms with Gasteiger partial charge in [0.2, 0.25) is 23.3 Å². The van der Waals surface area contributed by atoms with Crippen LogP contribution >= 0.6 is 27.5 Å². The van der Waals surface area contributed by atoms with Crippen LogP contribution in [0.5, 0.6) is 11.8 Å². The lowest BCUT2D eigenvalue weighted by Gasteiger charge is -2.05. The van der Waals surface area contributed by atoms with Gasteiger partial charge in [-0.2, -0.15) is 10.2 Å². The smallest absolute Gasteiger partial charge is 0.216 e. The van der Waals surface area contributed by atoms with Crippen LogP contribution in [0.1, 0.15) is 32.1 Å². The van der Waals surface area contributed by atoms with E-state index in [4.69, 9.17) is 21.1 Å². The quantitative estimate of drug-likeness (QED) is 0.126. The Kier molecular flexibility index (Phi) is 9.68. The number of methoxy groups -OCH3 is 2. The summed E-state index contributed by atoms with van der Waals surface area (Å²) in [6, 6.07) is 21.0. The first-order valence-electron chi connectivity index (χ1n) is 15.4. The van der Waals surface area contributed by atoms with Gasteiger partial charge >= 0.3 is 0 Å². The van der Waals surface area contributed by atoms with Gasteiger partial charge in [0.15, 0.2) is 11.3 Å². The third-order valence-electron chi connectivity index (χ3n) is 7.67. The predicted molar refractivity (Wildman–Crippen MR) is 194 cm³/mol. The second-order valence-electron chi connectivity index (χ2n) is 10.8. The third-order valence-corrected chi connectivity index (χ3v) is 8.31. The molecule has 0 unspecified atom stereocenters. The van der Waals surface area contributed by atoms with E-state index in [0.717, 1.165) is 22.5 Å². The molecule has 0 amide bonds. The van der Waals surface area contributed by atoms with E-state index in [1.54, 1.807) is 82.3 Å². The van der Waals surface area contributed by atoms with Gasteiger partial charge in [-0.05, 0) is 64.5 Å². The van der Waals surface area contributed by atoms with Gasteiger partial charge in [0, 0.05) is 48.0 Å². The molecule has 256 valence electrons. The number of aromatic nitrogens is 10. The van der Waals surface area contributed by atoms with Crippen molar-refractivity contribution in [3.8, 4) is 34.3 Å².